The summed E-state index contributed by atoms with van der Waals surface area (Å²) in [4.78, 5) is 5.01. The zero-order valence-electron chi connectivity index (χ0n) is 11.6. The molecule has 0 saturated carbocycles. The van der Waals surface area contributed by atoms with E-state index in [1.54, 1.807) is 30.5 Å². The molecule has 1 aromatic carbocycles. The molecule has 2 rings (SSSR count). The first-order valence-electron chi connectivity index (χ1n) is 6.35. The Morgan fingerprint density at radius 2 is 2.05 bits per heavy atom. The molecule has 112 valence electrons. The molecule has 5 nitrogen and oxygen atoms in total. The minimum atomic E-state index is -3.37. The highest BCUT2D eigenvalue weighted by Crippen LogP contribution is 2.21. The number of sulfonamides is 1. The number of hydrogen-bond donors (Lipinski definition) is 1. The third-order valence-electron chi connectivity index (χ3n) is 2.86. The van der Waals surface area contributed by atoms with Crippen molar-refractivity contribution in [3.8, 4) is 0 Å². The SMILES string of the molecule is CN(c1ccccn1)S(=O)(=O)CCSc1cccc(N)c1. The van der Waals surface area contributed by atoms with Crippen molar-refractivity contribution in [2.75, 3.05) is 28.6 Å². The summed E-state index contributed by atoms with van der Waals surface area (Å²) < 4.78 is 25.7. The Labute approximate surface area is 129 Å². The van der Waals surface area contributed by atoms with Gasteiger partial charge in [0.25, 0.3) is 0 Å². The van der Waals surface area contributed by atoms with Crippen molar-refractivity contribution in [3.05, 3.63) is 48.7 Å². The molecule has 0 radical (unpaired) electrons. The molecule has 2 aromatic rings. The van der Waals surface area contributed by atoms with Gasteiger partial charge in [0, 0.05) is 29.6 Å². The molecule has 0 bridgehead atoms. The van der Waals surface area contributed by atoms with Crippen LogP contribution in [0.4, 0.5) is 11.5 Å². The fraction of sp³-hybridized carbons (Fsp3) is 0.214. The van der Waals surface area contributed by atoms with Gasteiger partial charge in [-0.3, -0.25) is 4.31 Å². The molecule has 2 N–H and O–H groups in total. The molecule has 0 aliphatic carbocycles. The fourth-order valence-corrected chi connectivity index (χ4v) is 4.16. The molecule has 0 aliphatic rings. The monoisotopic (exact) mass is 323 g/mol. The Hall–Kier alpha value is -1.73. The van der Waals surface area contributed by atoms with Gasteiger partial charge in [0.05, 0.1) is 5.75 Å². The van der Waals surface area contributed by atoms with Crippen molar-refractivity contribution >= 4 is 33.3 Å². The average molecular weight is 323 g/mol. The van der Waals surface area contributed by atoms with Crippen LogP contribution < -0.4 is 10.0 Å². The van der Waals surface area contributed by atoms with Crippen molar-refractivity contribution in [2.45, 2.75) is 4.90 Å². The molecular weight excluding hydrogens is 306 g/mol. The van der Waals surface area contributed by atoms with Crippen LogP contribution in [0.1, 0.15) is 0 Å². The minimum Gasteiger partial charge on any atom is -0.399 e. The number of nitrogens with two attached hydrogens (primary N) is 1. The average Bonchev–Trinajstić information content (AvgIpc) is 2.47. The lowest BCUT2D eigenvalue weighted by Gasteiger charge is -2.17. The van der Waals surface area contributed by atoms with Crippen molar-refractivity contribution in [2.24, 2.45) is 0 Å². The van der Waals surface area contributed by atoms with E-state index in [0.717, 1.165) is 4.90 Å². The zero-order chi connectivity index (χ0) is 15.3. The number of nitrogens with zero attached hydrogens (tertiary/aromatic N) is 2. The second-order valence-corrected chi connectivity index (χ2v) is 7.68. The lowest BCUT2D eigenvalue weighted by molar-refractivity contribution is 0.595. The number of benzene rings is 1. The lowest BCUT2D eigenvalue weighted by Crippen LogP contribution is -2.30. The number of nitrogen functional groups attached to an aromatic ring is 1. The zero-order valence-corrected chi connectivity index (χ0v) is 13.3. The molecule has 0 amide bonds. The lowest BCUT2D eigenvalue weighted by atomic mass is 10.3. The summed E-state index contributed by atoms with van der Waals surface area (Å²) in [7, 11) is -1.86. The second kappa shape index (κ2) is 6.82. The van der Waals surface area contributed by atoms with Crippen molar-refractivity contribution < 1.29 is 8.42 Å². The second-order valence-electron chi connectivity index (χ2n) is 4.39. The standard InChI is InChI=1S/C14H17N3O2S2/c1-17(14-7-2-3-8-16-14)21(18,19)10-9-20-13-6-4-5-12(15)11-13/h2-8,11H,9-10,15H2,1H3. The van der Waals surface area contributed by atoms with E-state index >= 15 is 0 Å². The first kappa shape index (κ1) is 15.7. The Morgan fingerprint density at radius 3 is 2.71 bits per heavy atom. The molecule has 7 heteroatoms. The van der Waals surface area contributed by atoms with Gasteiger partial charge in [0.2, 0.25) is 10.0 Å². The maximum absolute atomic E-state index is 12.2. The van der Waals surface area contributed by atoms with Gasteiger partial charge in [-0.05, 0) is 30.3 Å². The molecule has 0 fully saturated rings. The van der Waals surface area contributed by atoms with Crippen molar-refractivity contribution in [1.29, 1.82) is 0 Å². The van der Waals surface area contributed by atoms with Crippen molar-refractivity contribution in [3.63, 3.8) is 0 Å². The third kappa shape index (κ3) is 4.37. The maximum atomic E-state index is 12.2. The largest absolute Gasteiger partial charge is 0.399 e. The normalized spacial score (nSPS) is 11.3. The molecule has 1 heterocycles. The van der Waals surface area contributed by atoms with Crippen LogP contribution in [0.15, 0.2) is 53.6 Å². The van der Waals surface area contributed by atoms with Crippen LogP contribution in [0.3, 0.4) is 0 Å². The molecular formula is C14H17N3O2S2. The van der Waals surface area contributed by atoms with Crippen LogP contribution in [0.25, 0.3) is 0 Å². The molecule has 0 saturated heterocycles. The number of hydrogen-bond acceptors (Lipinski definition) is 5. The highest BCUT2D eigenvalue weighted by molar-refractivity contribution is 8.01. The van der Waals surface area contributed by atoms with E-state index in [1.807, 2.05) is 18.2 Å². The van der Waals surface area contributed by atoms with E-state index < -0.39 is 10.0 Å². The van der Waals surface area contributed by atoms with Crippen LogP contribution in [0.5, 0.6) is 0 Å². The number of pyridine rings is 1. The predicted molar refractivity (Wildman–Crippen MR) is 88.0 cm³/mol. The summed E-state index contributed by atoms with van der Waals surface area (Å²) in [5, 5.41) is 0. The molecule has 0 atom stereocenters. The van der Waals surface area contributed by atoms with E-state index in [-0.39, 0.29) is 5.75 Å². The number of aromatic nitrogens is 1. The summed E-state index contributed by atoms with van der Waals surface area (Å²) in [5.74, 6) is 0.925. The molecule has 1 aromatic heterocycles. The van der Waals surface area contributed by atoms with E-state index in [1.165, 1.54) is 23.1 Å². The fourth-order valence-electron chi connectivity index (χ4n) is 1.69. The number of thioether (sulfide) groups is 1. The first-order chi connectivity index (χ1) is 9.99. The Bertz CT molecular complexity index is 690. The van der Waals surface area contributed by atoms with Gasteiger partial charge in [-0.1, -0.05) is 12.1 Å². The summed E-state index contributed by atoms with van der Waals surface area (Å²) in [6.07, 6.45) is 1.57. The van der Waals surface area contributed by atoms with E-state index in [0.29, 0.717) is 17.3 Å². The molecule has 0 unspecified atom stereocenters. The number of rotatable bonds is 6. The van der Waals surface area contributed by atoms with Crippen LogP contribution in [-0.2, 0) is 10.0 Å². The van der Waals surface area contributed by atoms with Gasteiger partial charge in [-0.2, -0.15) is 0 Å². The van der Waals surface area contributed by atoms with E-state index in [2.05, 4.69) is 4.98 Å². The first-order valence-corrected chi connectivity index (χ1v) is 8.94. The van der Waals surface area contributed by atoms with E-state index in [9.17, 15) is 8.42 Å². The van der Waals surface area contributed by atoms with Gasteiger partial charge < -0.3 is 5.73 Å². The van der Waals surface area contributed by atoms with Gasteiger partial charge in [-0.25, -0.2) is 13.4 Å². The molecule has 0 aliphatic heterocycles. The smallest absolute Gasteiger partial charge is 0.236 e. The van der Waals surface area contributed by atoms with Crippen LogP contribution >= 0.6 is 11.8 Å². The maximum Gasteiger partial charge on any atom is 0.236 e. The Balaban J connectivity index is 1.95. The Kier molecular flexibility index (Phi) is 5.08. The van der Waals surface area contributed by atoms with Crippen molar-refractivity contribution in [1.82, 2.24) is 4.98 Å². The number of anilines is 2. The molecule has 0 spiro atoms. The van der Waals surface area contributed by atoms with E-state index in [4.69, 9.17) is 5.73 Å². The van der Waals surface area contributed by atoms with Gasteiger partial charge in [-0.15, -0.1) is 11.8 Å². The minimum absolute atomic E-state index is 0.0412. The van der Waals surface area contributed by atoms with Crippen LogP contribution in [-0.4, -0.2) is 32.0 Å². The Morgan fingerprint density at radius 1 is 1.24 bits per heavy atom. The highest BCUT2D eigenvalue weighted by Gasteiger charge is 2.18. The topological polar surface area (TPSA) is 76.3 Å². The highest BCUT2D eigenvalue weighted by atomic mass is 32.2. The van der Waals surface area contributed by atoms with Gasteiger partial charge in [0.15, 0.2) is 0 Å². The summed E-state index contributed by atoms with van der Waals surface area (Å²) in [5.41, 5.74) is 6.37. The third-order valence-corrected chi connectivity index (χ3v) is 5.85. The summed E-state index contributed by atoms with van der Waals surface area (Å²) >= 11 is 1.47. The summed E-state index contributed by atoms with van der Waals surface area (Å²) in [6.45, 7) is 0. The molecule has 21 heavy (non-hydrogen) atoms. The van der Waals surface area contributed by atoms with Gasteiger partial charge in [0.1, 0.15) is 5.82 Å². The van der Waals surface area contributed by atoms with Crippen LogP contribution in [0.2, 0.25) is 0 Å². The quantitative estimate of drug-likeness (QED) is 0.651. The van der Waals surface area contributed by atoms with Gasteiger partial charge >= 0.3 is 0 Å². The predicted octanol–water partition coefficient (Wildman–Crippen LogP) is 2.22. The van der Waals surface area contributed by atoms with Crippen LogP contribution in [0, 0.1) is 0 Å². The summed E-state index contributed by atoms with van der Waals surface area (Å²) in [6, 6.07) is 12.6.